The molecule has 0 radical (unpaired) electrons. The van der Waals surface area contributed by atoms with E-state index in [2.05, 4.69) is 187 Å². The molecular weight excluding hydrogens is 625 g/mol. The highest BCUT2D eigenvalue weighted by atomic mass is 16.3. The molecule has 0 saturated carbocycles. The molecule has 0 bridgehead atoms. The third-order valence-electron chi connectivity index (χ3n) is 10.5. The highest BCUT2D eigenvalue weighted by Gasteiger charge is 2.34. The van der Waals surface area contributed by atoms with Gasteiger partial charge in [0.1, 0.15) is 11.2 Å². The van der Waals surface area contributed by atoms with Crippen molar-refractivity contribution in [1.29, 1.82) is 0 Å². The van der Waals surface area contributed by atoms with Gasteiger partial charge in [0.05, 0.1) is 56.9 Å². The molecule has 1 aromatic heterocycles. The van der Waals surface area contributed by atoms with Gasteiger partial charge in [-0.1, -0.05) is 78.9 Å². The van der Waals surface area contributed by atoms with Gasteiger partial charge >= 0.3 is 0 Å². The van der Waals surface area contributed by atoms with Gasteiger partial charge in [0.15, 0.2) is 0 Å². The molecule has 0 saturated heterocycles. The van der Waals surface area contributed by atoms with Crippen molar-refractivity contribution in [3.63, 3.8) is 0 Å². The molecule has 0 amide bonds. The Morgan fingerprint density at radius 3 is 1.27 bits per heavy atom. The lowest BCUT2D eigenvalue weighted by Crippen LogP contribution is -2.32. The van der Waals surface area contributed by atoms with E-state index in [1.165, 1.54) is 44.9 Å². The van der Waals surface area contributed by atoms with E-state index in [-0.39, 0.29) is 6.04 Å². The smallest absolute Gasteiger partial charge is 0.137 e. The molecule has 0 N–H and O–H groups in total. The van der Waals surface area contributed by atoms with Gasteiger partial charge in [-0.2, -0.15) is 0 Å². The van der Waals surface area contributed by atoms with Gasteiger partial charge in [-0.05, 0) is 88.4 Å². The predicted octanol–water partition coefficient (Wildman–Crippen LogP) is 13.4. The molecule has 7 aromatic carbocycles. The Morgan fingerprint density at radius 2 is 0.745 bits per heavy atom. The Kier molecular flexibility index (Phi) is 6.50. The number of fused-ring (bicyclic) bond motifs is 8. The number of benzene rings is 7. The third kappa shape index (κ3) is 4.27. The summed E-state index contributed by atoms with van der Waals surface area (Å²) in [5, 5.41) is 4.64. The first-order valence-corrected chi connectivity index (χ1v) is 17.9. The Labute approximate surface area is 298 Å². The molecule has 0 fully saturated rings. The summed E-state index contributed by atoms with van der Waals surface area (Å²) in [4.78, 5) is 9.83. The molecule has 5 heteroatoms. The minimum atomic E-state index is 0.242. The first kappa shape index (κ1) is 29.7. The SMILES string of the molecule is CC(C)N1c2ccccc2N(c2cccc3c(N4c5ccccc5N(C(C)C)c5cc6c(cc54)oc4ccccc46)cccc23)c2ccccc21. The molecule has 0 atom stereocenters. The molecule has 51 heavy (non-hydrogen) atoms. The maximum Gasteiger partial charge on any atom is 0.137 e. The summed E-state index contributed by atoms with van der Waals surface area (Å²) in [6, 6.07) is 53.3. The van der Waals surface area contributed by atoms with Crippen molar-refractivity contribution in [3.8, 4) is 0 Å². The number of rotatable bonds is 4. The number of para-hydroxylation sites is 7. The van der Waals surface area contributed by atoms with E-state index in [9.17, 15) is 0 Å². The van der Waals surface area contributed by atoms with Crippen LogP contribution in [0.4, 0.5) is 56.9 Å². The predicted molar refractivity (Wildman–Crippen MR) is 215 cm³/mol. The van der Waals surface area contributed by atoms with Crippen molar-refractivity contribution in [2.75, 3.05) is 19.6 Å². The normalized spacial score (nSPS) is 13.7. The number of nitrogens with zero attached hydrogens (tertiary/aromatic N) is 4. The van der Waals surface area contributed by atoms with Crippen LogP contribution < -0.4 is 19.6 Å². The second kappa shape index (κ2) is 11.2. The lowest BCUT2D eigenvalue weighted by atomic mass is 9.98. The standard InChI is InChI=1S/C46H38N4O/c1-29(2)47-37-18-6-9-21-40(37)49(41-22-10-7-19-38(41)47)35-24-13-17-32-31(35)16-14-25-36(32)50-42-23-11-8-20-39(42)48(30(3)4)43-27-34-33-15-5-12-26-45(33)51-46(34)28-44(43)50/h5-30H,1-4H3. The maximum absolute atomic E-state index is 6.51. The lowest BCUT2D eigenvalue weighted by Gasteiger charge is -2.43. The number of anilines is 10. The van der Waals surface area contributed by atoms with Gasteiger partial charge < -0.3 is 24.0 Å². The fourth-order valence-corrected chi connectivity index (χ4v) is 8.51. The zero-order chi connectivity index (χ0) is 34.4. The number of furan rings is 1. The van der Waals surface area contributed by atoms with E-state index in [1.807, 2.05) is 6.07 Å². The van der Waals surface area contributed by atoms with Crippen LogP contribution in [0.3, 0.4) is 0 Å². The molecule has 0 spiro atoms. The first-order chi connectivity index (χ1) is 25.0. The molecule has 0 aliphatic carbocycles. The molecule has 3 heterocycles. The van der Waals surface area contributed by atoms with Crippen molar-refractivity contribution < 1.29 is 4.42 Å². The van der Waals surface area contributed by atoms with Crippen LogP contribution in [0, 0.1) is 0 Å². The molecule has 2 aliphatic rings. The quantitative estimate of drug-likeness (QED) is 0.187. The van der Waals surface area contributed by atoms with Gasteiger partial charge in [-0.3, -0.25) is 0 Å². The van der Waals surface area contributed by atoms with Gasteiger partial charge in [-0.25, -0.2) is 0 Å². The average Bonchev–Trinajstić information content (AvgIpc) is 3.52. The zero-order valence-corrected chi connectivity index (χ0v) is 29.2. The summed E-state index contributed by atoms with van der Waals surface area (Å²) in [6.07, 6.45) is 0. The van der Waals surface area contributed by atoms with Gasteiger partial charge in [0, 0.05) is 39.7 Å². The summed E-state index contributed by atoms with van der Waals surface area (Å²) in [7, 11) is 0. The van der Waals surface area contributed by atoms with E-state index < -0.39 is 0 Å². The maximum atomic E-state index is 6.51. The molecular formula is C46H38N4O. The minimum Gasteiger partial charge on any atom is -0.456 e. The van der Waals surface area contributed by atoms with Crippen LogP contribution >= 0.6 is 0 Å². The van der Waals surface area contributed by atoms with Gasteiger partial charge in [0.25, 0.3) is 0 Å². The Balaban J connectivity index is 1.23. The Morgan fingerprint density at radius 1 is 0.333 bits per heavy atom. The van der Waals surface area contributed by atoms with E-state index in [0.717, 1.165) is 44.7 Å². The van der Waals surface area contributed by atoms with Crippen LogP contribution in [-0.2, 0) is 0 Å². The number of hydrogen-bond donors (Lipinski definition) is 0. The minimum absolute atomic E-state index is 0.242. The van der Waals surface area contributed by atoms with Crippen molar-refractivity contribution in [2.24, 2.45) is 0 Å². The zero-order valence-electron chi connectivity index (χ0n) is 29.2. The summed E-state index contributed by atoms with van der Waals surface area (Å²) >= 11 is 0. The molecule has 2 aliphatic heterocycles. The third-order valence-corrected chi connectivity index (χ3v) is 10.5. The largest absolute Gasteiger partial charge is 0.456 e. The lowest BCUT2D eigenvalue weighted by molar-refractivity contribution is 0.668. The first-order valence-electron chi connectivity index (χ1n) is 17.9. The summed E-state index contributed by atoms with van der Waals surface area (Å²) < 4.78 is 6.51. The number of hydrogen-bond acceptors (Lipinski definition) is 5. The molecule has 5 nitrogen and oxygen atoms in total. The fourth-order valence-electron chi connectivity index (χ4n) is 8.51. The van der Waals surface area contributed by atoms with E-state index >= 15 is 0 Å². The summed E-state index contributed by atoms with van der Waals surface area (Å²) in [6.45, 7) is 9.07. The van der Waals surface area contributed by atoms with Crippen LogP contribution in [0.1, 0.15) is 27.7 Å². The van der Waals surface area contributed by atoms with E-state index in [1.54, 1.807) is 0 Å². The molecule has 10 rings (SSSR count). The fraction of sp³-hybridized carbons (Fsp3) is 0.130. The van der Waals surface area contributed by atoms with E-state index in [4.69, 9.17) is 4.42 Å². The topological polar surface area (TPSA) is 26.1 Å². The summed E-state index contributed by atoms with van der Waals surface area (Å²) in [5.74, 6) is 0. The van der Waals surface area contributed by atoms with Crippen LogP contribution in [-0.4, -0.2) is 12.1 Å². The van der Waals surface area contributed by atoms with Crippen LogP contribution in [0.25, 0.3) is 32.7 Å². The monoisotopic (exact) mass is 662 g/mol. The molecule has 0 unspecified atom stereocenters. The average molecular weight is 663 g/mol. The summed E-state index contributed by atoms with van der Waals surface area (Å²) in [5.41, 5.74) is 13.5. The van der Waals surface area contributed by atoms with Gasteiger partial charge in [0.2, 0.25) is 0 Å². The van der Waals surface area contributed by atoms with Gasteiger partial charge in [-0.15, -0.1) is 0 Å². The van der Waals surface area contributed by atoms with E-state index in [0.29, 0.717) is 6.04 Å². The van der Waals surface area contributed by atoms with Crippen LogP contribution in [0.15, 0.2) is 150 Å². The Hall–Kier alpha value is -6.20. The second-order valence-corrected chi connectivity index (χ2v) is 14.1. The van der Waals surface area contributed by atoms with Crippen molar-refractivity contribution in [1.82, 2.24) is 0 Å². The Bertz CT molecular complexity index is 2610. The van der Waals surface area contributed by atoms with Crippen LogP contribution in [0.5, 0.6) is 0 Å². The molecule has 248 valence electrons. The van der Waals surface area contributed by atoms with Crippen molar-refractivity contribution in [2.45, 2.75) is 39.8 Å². The highest BCUT2D eigenvalue weighted by molar-refractivity contribution is 6.14. The van der Waals surface area contributed by atoms with Crippen molar-refractivity contribution in [3.05, 3.63) is 146 Å². The molecule has 8 aromatic rings. The van der Waals surface area contributed by atoms with Crippen molar-refractivity contribution >= 4 is 89.6 Å². The van der Waals surface area contributed by atoms with Crippen LogP contribution in [0.2, 0.25) is 0 Å². The second-order valence-electron chi connectivity index (χ2n) is 14.1. The highest BCUT2D eigenvalue weighted by Crippen LogP contribution is 2.57.